The molecule has 0 radical (unpaired) electrons. The van der Waals surface area contributed by atoms with E-state index in [1.54, 1.807) is 48.2 Å². The van der Waals surface area contributed by atoms with E-state index in [4.69, 9.17) is 0 Å². The van der Waals surface area contributed by atoms with Crippen LogP contribution in [0.5, 0.6) is 0 Å². The summed E-state index contributed by atoms with van der Waals surface area (Å²) in [6.07, 6.45) is 0. The highest BCUT2D eigenvalue weighted by Crippen LogP contribution is 2.22. The summed E-state index contributed by atoms with van der Waals surface area (Å²) in [4.78, 5) is 26.5. The lowest BCUT2D eigenvalue weighted by Gasteiger charge is -2.34. The third kappa shape index (κ3) is 5.08. The highest BCUT2D eigenvalue weighted by molar-refractivity contribution is 9.10. The monoisotopic (exact) mass is 493 g/mol. The Morgan fingerprint density at radius 1 is 1.00 bits per heavy atom. The quantitative estimate of drug-likeness (QED) is 0.692. The molecular weight excluding hydrogens is 470 g/mol. The SMILES string of the molecule is Cc1ccc(S(=O)(=O)N2CCN(C(=O)CNC(=O)c3ccc(Br)cc3)CC2)c(C)c1. The van der Waals surface area contributed by atoms with Gasteiger partial charge in [-0.15, -0.1) is 0 Å². The number of piperazine rings is 1. The predicted octanol–water partition coefficient (Wildman–Crippen LogP) is 2.33. The van der Waals surface area contributed by atoms with Crippen molar-refractivity contribution in [2.24, 2.45) is 0 Å². The Kier molecular flexibility index (Phi) is 6.95. The molecule has 1 fully saturated rings. The molecule has 0 unspecified atom stereocenters. The highest BCUT2D eigenvalue weighted by atomic mass is 79.9. The van der Waals surface area contributed by atoms with Crippen molar-refractivity contribution in [2.45, 2.75) is 18.7 Å². The molecule has 1 aliphatic heterocycles. The number of nitrogens with one attached hydrogen (secondary N) is 1. The fraction of sp³-hybridized carbons (Fsp3) is 0.333. The number of amides is 2. The first-order chi connectivity index (χ1) is 14.2. The number of carbonyl (C=O) groups excluding carboxylic acids is 2. The molecule has 2 aromatic rings. The smallest absolute Gasteiger partial charge is 0.251 e. The van der Waals surface area contributed by atoms with E-state index in [0.29, 0.717) is 16.0 Å². The van der Waals surface area contributed by atoms with Gasteiger partial charge in [-0.3, -0.25) is 9.59 Å². The number of nitrogens with zero attached hydrogens (tertiary/aromatic N) is 2. The number of aryl methyl sites for hydroxylation is 2. The lowest BCUT2D eigenvalue weighted by Crippen LogP contribution is -2.52. The van der Waals surface area contributed by atoms with Crippen LogP contribution in [0.25, 0.3) is 0 Å². The van der Waals surface area contributed by atoms with Crippen LogP contribution in [0, 0.1) is 13.8 Å². The Morgan fingerprint density at radius 3 is 2.23 bits per heavy atom. The van der Waals surface area contributed by atoms with Gasteiger partial charge in [0.1, 0.15) is 0 Å². The van der Waals surface area contributed by atoms with Gasteiger partial charge in [0.25, 0.3) is 5.91 Å². The second-order valence-electron chi connectivity index (χ2n) is 7.24. The molecule has 0 bridgehead atoms. The second kappa shape index (κ2) is 9.28. The van der Waals surface area contributed by atoms with E-state index in [9.17, 15) is 18.0 Å². The molecule has 30 heavy (non-hydrogen) atoms. The highest BCUT2D eigenvalue weighted by Gasteiger charge is 2.31. The number of rotatable bonds is 5. The van der Waals surface area contributed by atoms with Gasteiger partial charge in [0.05, 0.1) is 11.4 Å². The molecule has 0 spiro atoms. The van der Waals surface area contributed by atoms with Crippen LogP contribution in [0.2, 0.25) is 0 Å². The fourth-order valence-electron chi connectivity index (χ4n) is 3.38. The van der Waals surface area contributed by atoms with Gasteiger partial charge < -0.3 is 10.2 Å². The molecule has 2 aromatic carbocycles. The van der Waals surface area contributed by atoms with Crippen LogP contribution in [0.3, 0.4) is 0 Å². The van der Waals surface area contributed by atoms with Crippen molar-refractivity contribution in [2.75, 3.05) is 32.7 Å². The Bertz CT molecular complexity index is 1050. The van der Waals surface area contributed by atoms with Crippen molar-refractivity contribution < 1.29 is 18.0 Å². The van der Waals surface area contributed by atoms with Gasteiger partial charge in [-0.1, -0.05) is 33.6 Å². The third-order valence-electron chi connectivity index (χ3n) is 5.05. The number of benzene rings is 2. The maximum absolute atomic E-state index is 13.0. The van der Waals surface area contributed by atoms with E-state index < -0.39 is 10.0 Å². The summed E-state index contributed by atoms with van der Waals surface area (Å²) < 4.78 is 28.2. The summed E-state index contributed by atoms with van der Waals surface area (Å²) in [5.74, 6) is -0.559. The van der Waals surface area contributed by atoms with Gasteiger partial charge in [0, 0.05) is 36.2 Å². The van der Waals surface area contributed by atoms with Gasteiger partial charge in [0.2, 0.25) is 15.9 Å². The number of hydrogen-bond donors (Lipinski definition) is 1. The number of halogens is 1. The van der Waals surface area contributed by atoms with Crippen molar-refractivity contribution in [3.63, 3.8) is 0 Å². The number of hydrogen-bond acceptors (Lipinski definition) is 4. The molecule has 1 aliphatic rings. The lowest BCUT2D eigenvalue weighted by atomic mass is 10.2. The minimum Gasteiger partial charge on any atom is -0.343 e. The summed E-state index contributed by atoms with van der Waals surface area (Å²) >= 11 is 3.31. The summed E-state index contributed by atoms with van der Waals surface area (Å²) in [5, 5.41) is 2.62. The number of sulfonamides is 1. The van der Waals surface area contributed by atoms with Gasteiger partial charge in [-0.25, -0.2) is 8.42 Å². The van der Waals surface area contributed by atoms with Gasteiger partial charge >= 0.3 is 0 Å². The van der Waals surface area contributed by atoms with Gasteiger partial charge in [-0.05, 0) is 49.7 Å². The molecule has 7 nitrogen and oxygen atoms in total. The Hall–Kier alpha value is -2.23. The standard InChI is InChI=1S/C21H24BrN3O4S/c1-15-3-8-19(16(2)13-15)30(28,29)25-11-9-24(10-12-25)20(26)14-23-21(27)17-4-6-18(22)7-5-17/h3-8,13H,9-12,14H2,1-2H3,(H,23,27). The molecule has 3 rings (SSSR count). The van der Waals surface area contributed by atoms with Gasteiger partial charge in [-0.2, -0.15) is 4.31 Å². The summed E-state index contributed by atoms with van der Waals surface area (Å²) in [5.41, 5.74) is 2.19. The fourth-order valence-corrected chi connectivity index (χ4v) is 5.27. The average molecular weight is 494 g/mol. The third-order valence-corrected chi connectivity index (χ3v) is 7.63. The van der Waals surface area contributed by atoms with Gasteiger partial charge in [0.15, 0.2) is 0 Å². The molecule has 160 valence electrons. The molecule has 0 aromatic heterocycles. The molecule has 2 amide bonds. The average Bonchev–Trinajstić information content (AvgIpc) is 2.72. The van der Waals surface area contributed by atoms with Crippen LogP contribution in [0.4, 0.5) is 0 Å². The minimum atomic E-state index is -3.60. The molecule has 1 N–H and O–H groups in total. The summed E-state index contributed by atoms with van der Waals surface area (Å²) in [6.45, 7) is 4.61. The summed E-state index contributed by atoms with van der Waals surface area (Å²) in [7, 11) is -3.60. The van der Waals surface area contributed by atoms with E-state index in [1.807, 2.05) is 13.0 Å². The second-order valence-corrected chi connectivity index (χ2v) is 10.1. The zero-order valence-electron chi connectivity index (χ0n) is 16.9. The first-order valence-electron chi connectivity index (χ1n) is 9.57. The van der Waals surface area contributed by atoms with Crippen LogP contribution >= 0.6 is 15.9 Å². The predicted molar refractivity (Wildman–Crippen MR) is 118 cm³/mol. The molecule has 9 heteroatoms. The topological polar surface area (TPSA) is 86.8 Å². The van der Waals surface area contributed by atoms with Crippen LogP contribution < -0.4 is 5.32 Å². The van der Waals surface area contributed by atoms with Crippen LogP contribution in [0.15, 0.2) is 51.8 Å². The Balaban J connectivity index is 1.55. The van der Waals surface area contributed by atoms with E-state index in [-0.39, 0.29) is 44.5 Å². The normalized spacial score (nSPS) is 15.1. The van der Waals surface area contributed by atoms with Crippen molar-refractivity contribution >= 4 is 37.8 Å². The maximum atomic E-state index is 13.0. The molecular formula is C21H24BrN3O4S. The lowest BCUT2D eigenvalue weighted by molar-refractivity contribution is -0.131. The minimum absolute atomic E-state index is 0.126. The molecule has 1 heterocycles. The molecule has 0 aliphatic carbocycles. The van der Waals surface area contributed by atoms with Crippen molar-refractivity contribution in [1.82, 2.24) is 14.5 Å². The summed E-state index contributed by atoms with van der Waals surface area (Å²) in [6, 6.07) is 12.1. The van der Waals surface area contributed by atoms with Crippen molar-refractivity contribution in [3.05, 3.63) is 63.6 Å². The van der Waals surface area contributed by atoms with E-state index >= 15 is 0 Å². The molecule has 0 atom stereocenters. The molecule has 0 saturated carbocycles. The van der Waals surface area contributed by atoms with E-state index in [1.165, 1.54) is 4.31 Å². The van der Waals surface area contributed by atoms with Crippen LogP contribution in [0.1, 0.15) is 21.5 Å². The van der Waals surface area contributed by atoms with Crippen molar-refractivity contribution in [3.8, 4) is 0 Å². The first-order valence-corrected chi connectivity index (χ1v) is 11.8. The number of carbonyl (C=O) groups is 2. The van der Waals surface area contributed by atoms with E-state index in [2.05, 4.69) is 21.2 Å². The Morgan fingerprint density at radius 2 is 1.63 bits per heavy atom. The zero-order valence-corrected chi connectivity index (χ0v) is 19.3. The first kappa shape index (κ1) is 22.5. The van der Waals surface area contributed by atoms with Crippen LogP contribution in [-0.2, 0) is 14.8 Å². The van der Waals surface area contributed by atoms with E-state index in [0.717, 1.165) is 10.0 Å². The maximum Gasteiger partial charge on any atom is 0.251 e. The zero-order chi connectivity index (χ0) is 21.9. The largest absolute Gasteiger partial charge is 0.343 e. The molecule has 1 saturated heterocycles. The van der Waals surface area contributed by atoms with Crippen LogP contribution in [-0.4, -0.2) is 62.2 Å². The van der Waals surface area contributed by atoms with Crippen molar-refractivity contribution in [1.29, 1.82) is 0 Å². The Labute approximate surface area is 185 Å².